The van der Waals surface area contributed by atoms with Gasteiger partial charge in [-0.25, -0.2) is 4.98 Å². The van der Waals surface area contributed by atoms with Gasteiger partial charge >= 0.3 is 0 Å². The Kier molecular flexibility index (Phi) is 4.93. The van der Waals surface area contributed by atoms with Crippen LogP contribution in [0.4, 0.5) is 0 Å². The molecule has 2 rings (SSSR count). The molecule has 0 spiro atoms. The van der Waals surface area contributed by atoms with Gasteiger partial charge in [-0.05, 0) is 38.1 Å². The minimum atomic E-state index is 0.129. The van der Waals surface area contributed by atoms with E-state index in [-0.39, 0.29) is 6.04 Å². The number of benzene rings is 1. The lowest BCUT2D eigenvalue weighted by molar-refractivity contribution is 0.317. The number of hydrogen-bond donors (Lipinski definition) is 1. The number of aryl methyl sites for hydroxylation is 1. The maximum Gasteiger partial charge on any atom is 0.119 e. The van der Waals surface area contributed by atoms with Crippen LogP contribution in [0, 0.1) is 6.92 Å². The van der Waals surface area contributed by atoms with Crippen molar-refractivity contribution in [2.75, 3.05) is 13.7 Å². The van der Waals surface area contributed by atoms with Crippen molar-refractivity contribution >= 4 is 11.3 Å². The van der Waals surface area contributed by atoms with E-state index in [9.17, 15) is 0 Å². The third kappa shape index (κ3) is 3.55. The summed E-state index contributed by atoms with van der Waals surface area (Å²) < 4.78 is 5.69. The minimum Gasteiger partial charge on any atom is -0.494 e. The second kappa shape index (κ2) is 6.68. The molecule has 0 aliphatic heterocycles. The average molecular weight is 276 g/mol. The molecule has 3 nitrogen and oxygen atoms in total. The maximum absolute atomic E-state index is 5.69. The van der Waals surface area contributed by atoms with E-state index in [0.717, 1.165) is 29.5 Å². The van der Waals surface area contributed by atoms with Crippen LogP contribution in [-0.4, -0.2) is 18.6 Å². The zero-order valence-corrected chi connectivity index (χ0v) is 12.5. The summed E-state index contributed by atoms with van der Waals surface area (Å²) in [5.41, 5.74) is 2.25. The first-order valence-corrected chi connectivity index (χ1v) is 7.44. The highest BCUT2D eigenvalue weighted by Crippen LogP contribution is 2.27. The van der Waals surface area contributed by atoms with Gasteiger partial charge < -0.3 is 10.1 Å². The third-order valence-electron chi connectivity index (χ3n) is 2.84. The van der Waals surface area contributed by atoms with E-state index in [1.165, 1.54) is 5.56 Å². The van der Waals surface area contributed by atoms with Gasteiger partial charge in [-0.2, -0.15) is 0 Å². The van der Waals surface area contributed by atoms with Crippen LogP contribution in [0.2, 0.25) is 0 Å². The second-order valence-corrected chi connectivity index (χ2v) is 5.36. The molecule has 1 unspecified atom stereocenters. The fraction of sp³-hybridized carbons (Fsp3) is 0.400. The summed E-state index contributed by atoms with van der Waals surface area (Å²) in [4.78, 5) is 4.57. The summed E-state index contributed by atoms with van der Waals surface area (Å²) >= 11 is 1.69. The Balaban J connectivity index is 2.23. The van der Waals surface area contributed by atoms with Crippen molar-refractivity contribution in [3.8, 4) is 5.75 Å². The van der Waals surface area contributed by atoms with Gasteiger partial charge in [0.2, 0.25) is 0 Å². The molecule has 0 fully saturated rings. The molecule has 1 heterocycles. The number of aromatic nitrogens is 1. The summed E-state index contributed by atoms with van der Waals surface area (Å²) in [5.74, 6) is 0.924. The van der Waals surface area contributed by atoms with Gasteiger partial charge in [-0.15, -0.1) is 11.3 Å². The summed E-state index contributed by atoms with van der Waals surface area (Å²) in [5, 5.41) is 6.49. The van der Waals surface area contributed by atoms with Crippen molar-refractivity contribution in [3.63, 3.8) is 0 Å². The van der Waals surface area contributed by atoms with Crippen LogP contribution in [0.25, 0.3) is 0 Å². The normalized spacial score (nSPS) is 12.4. The third-order valence-corrected chi connectivity index (χ3v) is 3.86. The van der Waals surface area contributed by atoms with E-state index in [1.54, 1.807) is 11.3 Å². The van der Waals surface area contributed by atoms with Gasteiger partial charge in [0.1, 0.15) is 10.8 Å². The van der Waals surface area contributed by atoms with E-state index >= 15 is 0 Å². The SMILES string of the molecule is CCCOc1cccc(C(NC)c2nc(C)cs2)c1. The Hall–Kier alpha value is -1.39. The van der Waals surface area contributed by atoms with Crippen LogP contribution in [-0.2, 0) is 0 Å². The molecule has 0 radical (unpaired) electrons. The highest BCUT2D eigenvalue weighted by molar-refractivity contribution is 7.09. The van der Waals surface area contributed by atoms with Crippen LogP contribution in [0.3, 0.4) is 0 Å². The fourth-order valence-corrected chi connectivity index (χ4v) is 2.87. The Bertz CT molecular complexity index is 524. The van der Waals surface area contributed by atoms with Gasteiger partial charge in [0.05, 0.1) is 12.6 Å². The minimum absolute atomic E-state index is 0.129. The lowest BCUT2D eigenvalue weighted by Gasteiger charge is -2.15. The van der Waals surface area contributed by atoms with E-state index in [4.69, 9.17) is 4.74 Å². The maximum atomic E-state index is 5.69. The first-order chi connectivity index (χ1) is 9.24. The molecule has 2 aromatic rings. The number of nitrogens with zero attached hydrogens (tertiary/aromatic N) is 1. The number of hydrogen-bond acceptors (Lipinski definition) is 4. The summed E-state index contributed by atoms with van der Waals surface area (Å²) in [6.45, 7) is 4.89. The van der Waals surface area contributed by atoms with Crippen molar-refractivity contribution in [1.82, 2.24) is 10.3 Å². The van der Waals surface area contributed by atoms with E-state index < -0.39 is 0 Å². The van der Waals surface area contributed by atoms with Crippen LogP contribution in [0.15, 0.2) is 29.6 Å². The molecule has 102 valence electrons. The number of rotatable bonds is 6. The smallest absolute Gasteiger partial charge is 0.119 e. The molecular formula is C15H20N2OS. The molecule has 4 heteroatoms. The monoisotopic (exact) mass is 276 g/mol. The Morgan fingerprint density at radius 1 is 1.42 bits per heavy atom. The second-order valence-electron chi connectivity index (χ2n) is 4.47. The van der Waals surface area contributed by atoms with E-state index in [1.807, 2.05) is 26.1 Å². The van der Waals surface area contributed by atoms with E-state index in [0.29, 0.717) is 0 Å². The van der Waals surface area contributed by atoms with Gasteiger partial charge in [0.15, 0.2) is 0 Å². The molecule has 1 aromatic heterocycles. The van der Waals surface area contributed by atoms with Crippen molar-refractivity contribution < 1.29 is 4.74 Å². The summed E-state index contributed by atoms with van der Waals surface area (Å²) in [6.07, 6.45) is 1.02. The molecule has 0 saturated heterocycles. The number of thiazole rings is 1. The number of ether oxygens (including phenoxy) is 1. The molecule has 1 atom stereocenters. The summed E-state index contributed by atoms with van der Waals surface area (Å²) in [6, 6.07) is 8.36. The highest BCUT2D eigenvalue weighted by atomic mass is 32.1. The van der Waals surface area contributed by atoms with Crippen molar-refractivity contribution in [1.29, 1.82) is 0 Å². The van der Waals surface area contributed by atoms with Gasteiger partial charge in [-0.3, -0.25) is 0 Å². The van der Waals surface area contributed by atoms with Gasteiger partial charge in [0, 0.05) is 11.1 Å². The van der Waals surface area contributed by atoms with Gasteiger partial charge in [0.25, 0.3) is 0 Å². The summed E-state index contributed by atoms with van der Waals surface area (Å²) in [7, 11) is 1.96. The van der Waals surface area contributed by atoms with Crippen LogP contribution in [0.5, 0.6) is 5.75 Å². The average Bonchev–Trinajstić information content (AvgIpc) is 2.84. The van der Waals surface area contributed by atoms with Crippen LogP contribution in [0.1, 0.15) is 35.7 Å². The molecule has 19 heavy (non-hydrogen) atoms. The zero-order chi connectivity index (χ0) is 13.7. The first kappa shape index (κ1) is 14.0. The largest absolute Gasteiger partial charge is 0.494 e. The first-order valence-electron chi connectivity index (χ1n) is 6.56. The van der Waals surface area contributed by atoms with Crippen molar-refractivity contribution in [3.05, 3.63) is 45.9 Å². The lowest BCUT2D eigenvalue weighted by Crippen LogP contribution is -2.17. The Morgan fingerprint density at radius 3 is 2.89 bits per heavy atom. The number of nitrogens with one attached hydrogen (secondary N) is 1. The molecule has 1 N–H and O–H groups in total. The standard InChI is InChI=1S/C15H20N2OS/c1-4-8-18-13-7-5-6-12(9-13)14(16-3)15-17-11(2)10-19-15/h5-7,9-10,14,16H,4,8H2,1-3H3. The Morgan fingerprint density at radius 2 is 2.26 bits per heavy atom. The van der Waals surface area contributed by atoms with Gasteiger partial charge in [-0.1, -0.05) is 19.1 Å². The quantitative estimate of drug-likeness (QED) is 0.876. The predicted octanol–water partition coefficient (Wildman–Crippen LogP) is 3.55. The molecule has 0 aliphatic rings. The fourth-order valence-electron chi connectivity index (χ4n) is 1.94. The van der Waals surface area contributed by atoms with Crippen LogP contribution >= 0.6 is 11.3 Å². The molecule has 0 saturated carbocycles. The molecule has 0 aliphatic carbocycles. The molecule has 0 amide bonds. The van der Waals surface area contributed by atoms with Crippen molar-refractivity contribution in [2.45, 2.75) is 26.3 Å². The molecule has 1 aromatic carbocycles. The van der Waals surface area contributed by atoms with E-state index in [2.05, 4.69) is 34.7 Å². The lowest BCUT2D eigenvalue weighted by atomic mass is 10.1. The highest BCUT2D eigenvalue weighted by Gasteiger charge is 2.15. The predicted molar refractivity (Wildman–Crippen MR) is 80.0 cm³/mol. The Labute approximate surface area is 118 Å². The molecule has 0 bridgehead atoms. The van der Waals surface area contributed by atoms with Crippen LogP contribution < -0.4 is 10.1 Å². The molecular weight excluding hydrogens is 256 g/mol. The van der Waals surface area contributed by atoms with Crippen molar-refractivity contribution in [2.24, 2.45) is 0 Å². The zero-order valence-electron chi connectivity index (χ0n) is 11.6. The topological polar surface area (TPSA) is 34.1 Å².